The van der Waals surface area contributed by atoms with Crippen LogP contribution >= 0.6 is 0 Å². The second-order valence-corrected chi connectivity index (χ2v) is 6.39. The Bertz CT molecular complexity index is 1080. The average molecular weight is 400 g/mol. The molecule has 0 bridgehead atoms. The fourth-order valence-corrected chi connectivity index (χ4v) is 2.91. The number of ketones is 1. The number of ether oxygens (including phenoxy) is 1. The van der Waals surface area contributed by atoms with Crippen LogP contribution < -0.4 is 0 Å². The van der Waals surface area contributed by atoms with Gasteiger partial charge in [0.15, 0.2) is 6.61 Å². The van der Waals surface area contributed by atoms with Gasteiger partial charge in [0, 0.05) is 23.5 Å². The van der Waals surface area contributed by atoms with Crippen LogP contribution in [0.5, 0.6) is 0 Å². The number of aryl methyl sites for hydroxylation is 1. The minimum atomic E-state index is -0.966. The van der Waals surface area contributed by atoms with Gasteiger partial charge < -0.3 is 13.7 Å². The summed E-state index contributed by atoms with van der Waals surface area (Å²) in [5.74, 6) is -2.65. The van der Waals surface area contributed by atoms with E-state index in [-0.39, 0.29) is 11.6 Å². The third-order valence-electron chi connectivity index (χ3n) is 4.44. The molecule has 8 nitrogen and oxygen atoms in total. The van der Waals surface area contributed by atoms with Crippen molar-refractivity contribution >= 4 is 17.6 Å². The first-order valence-electron chi connectivity index (χ1n) is 8.62. The molecular weight excluding hydrogens is 383 g/mol. The van der Waals surface area contributed by atoms with E-state index in [1.807, 2.05) is 11.5 Å². The van der Waals surface area contributed by atoms with Gasteiger partial charge in [-0.15, -0.1) is 0 Å². The largest absolute Gasteiger partial charge is 0.451 e. The molecule has 3 rings (SSSR count). The zero-order valence-electron chi connectivity index (χ0n) is 15.7. The molecule has 0 aliphatic carbocycles. The van der Waals surface area contributed by atoms with Crippen molar-refractivity contribution in [3.8, 4) is 0 Å². The van der Waals surface area contributed by atoms with Crippen molar-refractivity contribution < 1.29 is 28.1 Å². The Labute approximate surface area is 164 Å². The van der Waals surface area contributed by atoms with E-state index in [1.165, 1.54) is 12.1 Å². The van der Waals surface area contributed by atoms with E-state index in [1.54, 1.807) is 25.1 Å². The number of rotatable bonds is 7. The lowest BCUT2D eigenvalue weighted by molar-refractivity contribution is -0.402. The molecule has 0 amide bonds. The molecular formula is C20H17FN2O6. The van der Waals surface area contributed by atoms with Crippen LogP contribution in [0.1, 0.15) is 37.9 Å². The Balaban J connectivity index is 1.68. The summed E-state index contributed by atoms with van der Waals surface area (Å²) in [5.41, 5.74) is 2.77. The minimum absolute atomic E-state index is 0.325. The van der Waals surface area contributed by atoms with Crippen molar-refractivity contribution in [1.29, 1.82) is 0 Å². The number of carbonyl (C=O) groups is 2. The van der Waals surface area contributed by atoms with Crippen molar-refractivity contribution in [2.75, 3.05) is 6.61 Å². The lowest BCUT2D eigenvalue weighted by Crippen LogP contribution is -2.15. The smallest absolute Gasteiger partial charge is 0.433 e. The van der Waals surface area contributed by atoms with Gasteiger partial charge in [0.1, 0.15) is 10.7 Å². The Morgan fingerprint density at radius 1 is 1.17 bits per heavy atom. The lowest BCUT2D eigenvalue weighted by Gasteiger charge is -2.10. The van der Waals surface area contributed by atoms with E-state index >= 15 is 0 Å². The van der Waals surface area contributed by atoms with Gasteiger partial charge in [-0.25, -0.2) is 9.18 Å². The number of carbonyl (C=O) groups excluding carboxylic acids is 2. The highest BCUT2D eigenvalue weighted by Gasteiger charge is 2.21. The van der Waals surface area contributed by atoms with Gasteiger partial charge in [0.2, 0.25) is 11.5 Å². The summed E-state index contributed by atoms with van der Waals surface area (Å²) < 4.78 is 24.6. The standard InChI is InChI=1S/C20H17FN2O6/c1-12-9-16(13(2)22(12)10-14-3-5-15(21)6-4-14)17(24)11-28-20(25)18-7-8-19(29-18)23(26)27/h3-9H,10-11H2,1-2H3. The van der Waals surface area contributed by atoms with Crippen molar-refractivity contribution in [3.63, 3.8) is 0 Å². The number of hydrogen-bond donors (Lipinski definition) is 0. The summed E-state index contributed by atoms with van der Waals surface area (Å²) in [7, 11) is 0. The molecule has 1 aromatic carbocycles. The summed E-state index contributed by atoms with van der Waals surface area (Å²) in [4.78, 5) is 34.2. The number of hydrogen-bond acceptors (Lipinski definition) is 6. The number of nitrogens with zero attached hydrogens (tertiary/aromatic N) is 2. The summed E-state index contributed by atoms with van der Waals surface area (Å²) in [6.07, 6.45) is 0. The second-order valence-electron chi connectivity index (χ2n) is 6.39. The summed E-state index contributed by atoms with van der Waals surface area (Å²) >= 11 is 0. The number of benzene rings is 1. The van der Waals surface area contributed by atoms with Crippen molar-refractivity contribution in [2.24, 2.45) is 0 Å². The fraction of sp³-hybridized carbons (Fsp3) is 0.200. The van der Waals surface area contributed by atoms with Crippen LogP contribution in [0.3, 0.4) is 0 Å². The third kappa shape index (κ3) is 4.40. The average Bonchev–Trinajstić information content (AvgIpc) is 3.28. The molecule has 0 saturated carbocycles. The maximum Gasteiger partial charge on any atom is 0.433 e. The predicted molar refractivity (Wildman–Crippen MR) is 99.4 cm³/mol. The van der Waals surface area contributed by atoms with E-state index in [0.717, 1.165) is 23.4 Å². The van der Waals surface area contributed by atoms with Crippen molar-refractivity contribution in [2.45, 2.75) is 20.4 Å². The topological polar surface area (TPSA) is 105 Å². The third-order valence-corrected chi connectivity index (χ3v) is 4.44. The normalized spacial score (nSPS) is 10.7. The zero-order valence-corrected chi connectivity index (χ0v) is 15.7. The first kappa shape index (κ1) is 20.0. The van der Waals surface area contributed by atoms with Gasteiger partial charge in [-0.1, -0.05) is 12.1 Å². The lowest BCUT2D eigenvalue weighted by atomic mass is 10.1. The highest BCUT2D eigenvalue weighted by atomic mass is 19.1. The van der Waals surface area contributed by atoms with Crippen LogP contribution in [0.15, 0.2) is 46.9 Å². The van der Waals surface area contributed by atoms with Crippen LogP contribution in [-0.2, 0) is 11.3 Å². The SMILES string of the molecule is Cc1cc(C(=O)COC(=O)c2ccc([N+](=O)[O-])o2)c(C)n1Cc1ccc(F)cc1. The van der Waals surface area contributed by atoms with E-state index in [2.05, 4.69) is 0 Å². The Morgan fingerprint density at radius 3 is 2.48 bits per heavy atom. The molecule has 0 N–H and O–H groups in total. The highest BCUT2D eigenvalue weighted by Crippen LogP contribution is 2.19. The zero-order chi connectivity index (χ0) is 21.1. The number of halogens is 1. The fourth-order valence-electron chi connectivity index (χ4n) is 2.91. The van der Waals surface area contributed by atoms with Gasteiger partial charge in [-0.3, -0.25) is 14.9 Å². The van der Waals surface area contributed by atoms with Gasteiger partial charge in [0.25, 0.3) is 0 Å². The van der Waals surface area contributed by atoms with E-state index in [0.29, 0.717) is 17.8 Å². The molecule has 29 heavy (non-hydrogen) atoms. The molecule has 2 aromatic heterocycles. The molecule has 0 unspecified atom stereocenters. The molecule has 150 valence electrons. The van der Waals surface area contributed by atoms with Gasteiger partial charge in [0.05, 0.1) is 6.07 Å². The van der Waals surface area contributed by atoms with Crippen LogP contribution in [0, 0.1) is 29.8 Å². The summed E-state index contributed by atoms with van der Waals surface area (Å²) in [6, 6.07) is 9.90. The first-order chi connectivity index (χ1) is 13.8. The maximum atomic E-state index is 13.1. The second kappa shape index (κ2) is 8.09. The minimum Gasteiger partial charge on any atom is -0.451 e. The number of furan rings is 1. The van der Waals surface area contributed by atoms with Crippen LogP contribution in [0.2, 0.25) is 0 Å². The molecule has 9 heteroatoms. The molecule has 0 spiro atoms. The molecule has 0 atom stereocenters. The maximum absolute atomic E-state index is 13.1. The summed E-state index contributed by atoms with van der Waals surface area (Å²) in [6.45, 7) is 3.53. The molecule has 0 aliphatic rings. The first-order valence-corrected chi connectivity index (χ1v) is 8.62. The van der Waals surface area contributed by atoms with Crippen molar-refractivity contribution in [3.05, 3.63) is 86.7 Å². The van der Waals surface area contributed by atoms with Gasteiger partial charge in [-0.2, -0.15) is 0 Å². The quantitative estimate of drug-likeness (QED) is 0.258. The van der Waals surface area contributed by atoms with Crippen molar-refractivity contribution in [1.82, 2.24) is 4.57 Å². The molecule has 3 aromatic rings. The van der Waals surface area contributed by atoms with E-state index in [9.17, 15) is 24.1 Å². The molecule has 0 aliphatic heterocycles. The van der Waals surface area contributed by atoms with Crippen LogP contribution in [-0.4, -0.2) is 27.8 Å². The Morgan fingerprint density at radius 2 is 1.86 bits per heavy atom. The molecule has 0 radical (unpaired) electrons. The van der Waals surface area contributed by atoms with Gasteiger partial charge in [-0.05, 0) is 43.7 Å². The highest BCUT2D eigenvalue weighted by molar-refractivity contribution is 6.00. The molecule has 0 fully saturated rings. The summed E-state index contributed by atoms with van der Waals surface area (Å²) in [5, 5.41) is 10.6. The molecule has 2 heterocycles. The van der Waals surface area contributed by atoms with Crippen LogP contribution in [0.25, 0.3) is 0 Å². The predicted octanol–water partition coefficient (Wildman–Crippen LogP) is 3.83. The monoisotopic (exact) mass is 400 g/mol. The van der Waals surface area contributed by atoms with E-state index in [4.69, 9.17) is 9.15 Å². The Hall–Kier alpha value is -3.75. The number of esters is 1. The number of nitro groups is 1. The van der Waals surface area contributed by atoms with Gasteiger partial charge >= 0.3 is 11.9 Å². The van der Waals surface area contributed by atoms with E-state index < -0.39 is 29.2 Å². The van der Waals surface area contributed by atoms with Crippen LogP contribution in [0.4, 0.5) is 10.3 Å². The number of aromatic nitrogens is 1. The number of Topliss-reactive ketones (excluding diaryl/α,β-unsaturated/α-hetero) is 1. The Kier molecular flexibility index (Phi) is 5.58. The molecule has 0 saturated heterocycles.